The van der Waals surface area contributed by atoms with Crippen molar-refractivity contribution in [3.8, 4) is 0 Å². The van der Waals surface area contributed by atoms with Gasteiger partial charge in [0.2, 0.25) is 0 Å². The predicted molar refractivity (Wildman–Crippen MR) is 73.3 cm³/mol. The summed E-state index contributed by atoms with van der Waals surface area (Å²) in [4.78, 5) is 15.7. The lowest BCUT2D eigenvalue weighted by molar-refractivity contribution is 0.0592. The summed E-state index contributed by atoms with van der Waals surface area (Å²) in [7, 11) is 1.35. The van der Waals surface area contributed by atoms with E-state index in [0.29, 0.717) is 12.2 Å². The van der Waals surface area contributed by atoms with Gasteiger partial charge < -0.3 is 4.74 Å². The van der Waals surface area contributed by atoms with Crippen molar-refractivity contribution in [1.29, 1.82) is 0 Å². The van der Waals surface area contributed by atoms with Gasteiger partial charge in [0, 0.05) is 18.9 Å². The minimum Gasteiger partial charge on any atom is -0.464 e. The van der Waals surface area contributed by atoms with Crippen LogP contribution in [-0.4, -0.2) is 33.1 Å². The zero-order valence-electron chi connectivity index (χ0n) is 11.7. The van der Waals surface area contributed by atoms with Gasteiger partial charge in [0.05, 0.1) is 12.8 Å². The van der Waals surface area contributed by atoms with Gasteiger partial charge in [0.15, 0.2) is 5.69 Å². The molecular weight excluding hydrogens is 256 g/mol. The predicted octanol–water partition coefficient (Wildman–Crippen LogP) is 1.65. The molecule has 2 heterocycles. The molecule has 0 aliphatic carbocycles. The molecule has 6 heteroatoms. The fourth-order valence-electron chi connectivity index (χ4n) is 2.03. The van der Waals surface area contributed by atoms with Crippen molar-refractivity contribution in [2.75, 3.05) is 7.11 Å². The summed E-state index contributed by atoms with van der Waals surface area (Å²) in [6, 6.07) is 3.92. The maximum absolute atomic E-state index is 11.6. The number of esters is 1. The number of rotatable bonds is 6. The Kier molecular flexibility index (Phi) is 4.81. The molecule has 6 nitrogen and oxygen atoms in total. The molecule has 0 spiro atoms. The summed E-state index contributed by atoms with van der Waals surface area (Å²) in [6.07, 6.45) is 6.05. The monoisotopic (exact) mass is 274 g/mol. The van der Waals surface area contributed by atoms with E-state index in [9.17, 15) is 4.79 Å². The van der Waals surface area contributed by atoms with E-state index in [1.165, 1.54) is 7.11 Å². The third-order valence-electron chi connectivity index (χ3n) is 3.04. The van der Waals surface area contributed by atoms with Gasteiger partial charge in [0.1, 0.15) is 0 Å². The van der Waals surface area contributed by atoms with Gasteiger partial charge in [-0.1, -0.05) is 24.6 Å². The zero-order chi connectivity index (χ0) is 14.4. The fourth-order valence-corrected chi connectivity index (χ4v) is 2.03. The van der Waals surface area contributed by atoms with Gasteiger partial charge >= 0.3 is 5.97 Å². The molecule has 0 aliphatic rings. The van der Waals surface area contributed by atoms with Crippen LogP contribution in [0.5, 0.6) is 0 Å². The second-order valence-corrected chi connectivity index (χ2v) is 4.46. The molecule has 0 aliphatic heterocycles. The van der Waals surface area contributed by atoms with Gasteiger partial charge in [-0.25, -0.2) is 9.48 Å². The first kappa shape index (κ1) is 14.2. The van der Waals surface area contributed by atoms with Crippen molar-refractivity contribution < 1.29 is 9.53 Å². The fraction of sp³-hybridized carbons (Fsp3) is 0.429. The summed E-state index contributed by atoms with van der Waals surface area (Å²) in [6.45, 7) is 2.73. The Bertz CT molecular complexity index is 566. The van der Waals surface area contributed by atoms with Crippen LogP contribution in [0.25, 0.3) is 0 Å². The molecule has 20 heavy (non-hydrogen) atoms. The molecular formula is C14H18N4O2. The second-order valence-electron chi connectivity index (χ2n) is 4.46. The Hall–Kier alpha value is -2.24. The lowest BCUT2D eigenvalue weighted by Crippen LogP contribution is -2.11. The topological polar surface area (TPSA) is 69.9 Å². The maximum atomic E-state index is 11.6. The number of hydrogen-bond acceptors (Lipinski definition) is 5. The van der Waals surface area contributed by atoms with Crippen molar-refractivity contribution >= 4 is 5.97 Å². The van der Waals surface area contributed by atoms with E-state index in [4.69, 9.17) is 4.74 Å². The van der Waals surface area contributed by atoms with Crippen molar-refractivity contribution in [2.24, 2.45) is 0 Å². The summed E-state index contributed by atoms with van der Waals surface area (Å²) >= 11 is 0. The van der Waals surface area contributed by atoms with Crippen molar-refractivity contribution in [3.63, 3.8) is 0 Å². The lowest BCUT2D eigenvalue weighted by Gasteiger charge is -2.06. The van der Waals surface area contributed by atoms with Crippen LogP contribution in [0.3, 0.4) is 0 Å². The van der Waals surface area contributed by atoms with E-state index >= 15 is 0 Å². The smallest absolute Gasteiger partial charge is 0.360 e. The highest BCUT2D eigenvalue weighted by atomic mass is 16.5. The Morgan fingerprint density at radius 1 is 1.40 bits per heavy atom. The lowest BCUT2D eigenvalue weighted by atomic mass is 10.2. The van der Waals surface area contributed by atoms with Crippen LogP contribution in [0.4, 0.5) is 0 Å². The number of nitrogens with zero attached hydrogens (tertiary/aromatic N) is 4. The maximum Gasteiger partial charge on any atom is 0.360 e. The molecule has 0 N–H and O–H groups in total. The quantitative estimate of drug-likeness (QED) is 0.749. The van der Waals surface area contributed by atoms with Crippen LogP contribution in [0.1, 0.15) is 35.1 Å². The van der Waals surface area contributed by atoms with Crippen LogP contribution in [0, 0.1) is 0 Å². The first-order valence-corrected chi connectivity index (χ1v) is 6.65. The highest BCUT2D eigenvalue weighted by Gasteiger charge is 2.19. The van der Waals surface area contributed by atoms with E-state index in [2.05, 4.69) is 22.2 Å². The summed E-state index contributed by atoms with van der Waals surface area (Å²) < 4.78 is 6.52. The largest absolute Gasteiger partial charge is 0.464 e. The Morgan fingerprint density at radius 2 is 2.25 bits per heavy atom. The number of carbonyl (C=O) groups is 1. The third-order valence-corrected chi connectivity index (χ3v) is 3.04. The Labute approximate surface area is 117 Å². The number of aromatic nitrogens is 4. The molecule has 0 aromatic carbocycles. The van der Waals surface area contributed by atoms with E-state index in [0.717, 1.165) is 30.5 Å². The summed E-state index contributed by atoms with van der Waals surface area (Å²) in [5.74, 6) is -0.430. The normalized spacial score (nSPS) is 10.5. The minimum absolute atomic E-state index is 0.320. The highest BCUT2D eigenvalue weighted by molar-refractivity contribution is 5.88. The number of carbonyl (C=O) groups excluding carboxylic acids is 1. The molecule has 2 rings (SSSR count). The van der Waals surface area contributed by atoms with Crippen molar-refractivity contribution in [1.82, 2.24) is 20.0 Å². The average Bonchev–Trinajstić information content (AvgIpc) is 2.89. The molecule has 0 amide bonds. The third kappa shape index (κ3) is 3.20. The van der Waals surface area contributed by atoms with Crippen LogP contribution in [0.15, 0.2) is 24.5 Å². The number of hydrogen-bond donors (Lipinski definition) is 0. The summed E-state index contributed by atoms with van der Waals surface area (Å²) in [5.41, 5.74) is 2.29. The Morgan fingerprint density at radius 3 is 2.90 bits per heavy atom. The number of pyridine rings is 1. The average molecular weight is 274 g/mol. The van der Waals surface area contributed by atoms with Gasteiger partial charge in [-0.05, 0) is 24.5 Å². The van der Waals surface area contributed by atoms with Crippen LogP contribution in [-0.2, 0) is 24.1 Å². The molecule has 0 unspecified atom stereocenters. The molecule has 0 saturated carbocycles. The second kappa shape index (κ2) is 6.79. The molecule has 106 valence electrons. The van der Waals surface area contributed by atoms with Gasteiger partial charge in [0.25, 0.3) is 0 Å². The highest BCUT2D eigenvalue weighted by Crippen LogP contribution is 2.11. The van der Waals surface area contributed by atoms with Gasteiger partial charge in [-0.2, -0.15) is 0 Å². The standard InChI is InChI=1S/C14H18N4O2/c1-3-5-12-13(14(19)20-2)16-17-18(12)9-7-11-6-4-8-15-10-11/h4,6,8,10H,3,5,7,9H2,1-2H3. The molecule has 0 bridgehead atoms. The molecule has 0 atom stereocenters. The minimum atomic E-state index is -0.430. The first-order valence-electron chi connectivity index (χ1n) is 6.65. The van der Waals surface area contributed by atoms with E-state index < -0.39 is 5.97 Å². The van der Waals surface area contributed by atoms with Crippen molar-refractivity contribution in [2.45, 2.75) is 32.7 Å². The zero-order valence-corrected chi connectivity index (χ0v) is 11.7. The van der Waals surface area contributed by atoms with Crippen molar-refractivity contribution in [3.05, 3.63) is 41.5 Å². The Balaban J connectivity index is 2.15. The SMILES string of the molecule is CCCc1c(C(=O)OC)nnn1CCc1cccnc1. The van der Waals surface area contributed by atoms with E-state index in [1.54, 1.807) is 10.9 Å². The summed E-state index contributed by atoms with van der Waals surface area (Å²) in [5, 5.41) is 8.00. The van der Waals surface area contributed by atoms with Crippen LogP contribution in [0.2, 0.25) is 0 Å². The van der Waals surface area contributed by atoms with Crippen LogP contribution >= 0.6 is 0 Å². The number of aryl methyl sites for hydroxylation is 2. The molecule has 0 fully saturated rings. The molecule has 0 radical (unpaired) electrons. The van der Waals surface area contributed by atoms with E-state index in [1.807, 2.05) is 18.3 Å². The van der Waals surface area contributed by atoms with Gasteiger partial charge in [-0.15, -0.1) is 5.10 Å². The molecule has 2 aromatic rings. The molecule has 0 saturated heterocycles. The molecule has 2 aromatic heterocycles. The van der Waals surface area contributed by atoms with Crippen LogP contribution < -0.4 is 0 Å². The number of ether oxygens (including phenoxy) is 1. The number of methoxy groups -OCH3 is 1. The first-order chi connectivity index (χ1) is 9.76. The van der Waals surface area contributed by atoms with E-state index in [-0.39, 0.29) is 0 Å². The van der Waals surface area contributed by atoms with Gasteiger partial charge in [-0.3, -0.25) is 4.98 Å².